The average molecular weight is 209 g/mol. The highest BCUT2D eigenvalue weighted by Gasteiger charge is 2.17. The Morgan fingerprint density at radius 1 is 1.53 bits per heavy atom. The second-order valence-corrected chi connectivity index (χ2v) is 4.40. The van der Waals surface area contributed by atoms with Crippen LogP contribution in [0.2, 0.25) is 0 Å². The fraction of sp³-hybridized carbons (Fsp3) is 0.800. The lowest BCUT2D eigenvalue weighted by Gasteiger charge is -2.21. The van der Waals surface area contributed by atoms with Crippen LogP contribution in [-0.4, -0.2) is 46.6 Å². The van der Waals surface area contributed by atoms with Crippen LogP contribution in [0.4, 0.5) is 0 Å². The first-order valence-corrected chi connectivity index (χ1v) is 5.47. The molecule has 5 heteroatoms. The minimum absolute atomic E-state index is 0.491. The van der Waals surface area contributed by atoms with Crippen molar-refractivity contribution in [1.82, 2.24) is 25.2 Å². The Morgan fingerprint density at radius 2 is 2.33 bits per heavy atom. The lowest BCUT2D eigenvalue weighted by atomic mass is 10.2. The van der Waals surface area contributed by atoms with Gasteiger partial charge in [-0.15, -0.1) is 5.10 Å². The van der Waals surface area contributed by atoms with Gasteiger partial charge in [0, 0.05) is 25.6 Å². The molecule has 2 rings (SSSR count). The molecule has 0 aliphatic carbocycles. The van der Waals surface area contributed by atoms with Crippen molar-refractivity contribution in [3.05, 3.63) is 11.4 Å². The van der Waals surface area contributed by atoms with Crippen LogP contribution in [0.15, 0.2) is 0 Å². The zero-order chi connectivity index (χ0) is 10.8. The number of fused-ring (bicyclic) bond motifs is 1. The van der Waals surface area contributed by atoms with Crippen molar-refractivity contribution in [2.24, 2.45) is 0 Å². The SMILES string of the molecule is CC(Cn1nnc2c1CCNC2)N(C)C. The van der Waals surface area contributed by atoms with Gasteiger partial charge in [-0.05, 0) is 21.0 Å². The summed E-state index contributed by atoms with van der Waals surface area (Å²) < 4.78 is 2.06. The van der Waals surface area contributed by atoms with E-state index >= 15 is 0 Å². The largest absolute Gasteiger partial charge is 0.311 e. The van der Waals surface area contributed by atoms with Crippen molar-refractivity contribution in [3.8, 4) is 0 Å². The smallest absolute Gasteiger partial charge is 0.0997 e. The van der Waals surface area contributed by atoms with Gasteiger partial charge in [0.05, 0.1) is 17.9 Å². The first-order chi connectivity index (χ1) is 7.18. The molecule has 84 valence electrons. The summed E-state index contributed by atoms with van der Waals surface area (Å²) in [7, 11) is 4.19. The van der Waals surface area contributed by atoms with Crippen LogP contribution in [0.3, 0.4) is 0 Å². The van der Waals surface area contributed by atoms with Crippen LogP contribution >= 0.6 is 0 Å². The number of hydrogen-bond donors (Lipinski definition) is 1. The molecule has 1 aromatic rings. The molecule has 2 heterocycles. The number of hydrogen-bond acceptors (Lipinski definition) is 4. The molecule has 1 unspecified atom stereocenters. The molecule has 5 nitrogen and oxygen atoms in total. The van der Waals surface area contributed by atoms with Gasteiger partial charge in [-0.3, -0.25) is 0 Å². The molecule has 0 amide bonds. The van der Waals surface area contributed by atoms with Gasteiger partial charge >= 0.3 is 0 Å². The molecular formula is C10H19N5. The van der Waals surface area contributed by atoms with E-state index in [0.717, 1.165) is 31.7 Å². The topological polar surface area (TPSA) is 46.0 Å². The van der Waals surface area contributed by atoms with Crippen molar-refractivity contribution in [2.75, 3.05) is 20.6 Å². The Morgan fingerprint density at radius 3 is 3.07 bits per heavy atom. The average Bonchev–Trinajstić information content (AvgIpc) is 2.62. The summed E-state index contributed by atoms with van der Waals surface area (Å²) in [6, 6.07) is 0.491. The van der Waals surface area contributed by atoms with Gasteiger partial charge in [-0.25, -0.2) is 4.68 Å². The number of nitrogens with one attached hydrogen (secondary N) is 1. The summed E-state index contributed by atoms with van der Waals surface area (Å²) in [5.41, 5.74) is 2.43. The van der Waals surface area contributed by atoms with E-state index in [1.807, 2.05) is 0 Å². The predicted molar refractivity (Wildman–Crippen MR) is 58.6 cm³/mol. The van der Waals surface area contributed by atoms with E-state index in [1.54, 1.807) is 0 Å². The molecule has 1 aromatic heterocycles. The molecule has 15 heavy (non-hydrogen) atoms. The summed E-state index contributed by atoms with van der Waals surface area (Å²) in [6.45, 7) is 5.03. The minimum Gasteiger partial charge on any atom is -0.311 e. The third-order valence-corrected chi connectivity index (χ3v) is 3.07. The highest BCUT2D eigenvalue weighted by Crippen LogP contribution is 2.11. The Bertz CT molecular complexity index is 331. The maximum Gasteiger partial charge on any atom is 0.0997 e. The quantitative estimate of drug-likeness (QED) is 0.753. The fourth-order valence-electron chi connectivity index (χ4n) is 1.75. The van der Waals surface area contributed by atoms with E-state index in [0.29, 0.717) is 6.04 Å². The van der Waals surface area contributed by atoms with Crippen LogP contribution in [0.1, 0.15) is 18.3 Å². The Labute approximate surface area is 90.5 Å². The third-order valence-electron chi connectivity index (χ3n) is 3.07. The lowest BCUT2D eigenvalue weighted by molar-refractivity contribution is 0.271. The summed E-state index contributed by atoms with van der Waals surface area (Å²) in [4.78, 5) is 2.20. The number of likely N-dealkylation sites (N-methyl/N-ethyl adjacent to an activating group) is 1. The second-order valence-electron chi connectivity index (χ2n) is 4.40. The van der Waals surface area contributed by atoms with Crippen LogP contribution in [0.5, 0.6) is 0 Å². The van der Waals surface area contributed by atoms with E-state index in [1.165, 1.54) is 5.69 Å². The maximum absolute atomic E-state index is 4.22. The first kappa shape index (κ1) is 10.6. The van der Waals surface area contributed by atoms with E-state index in [4.69, 9.17) is 0 Å². The van der Waals surface area contributed by atoms with Crippen molar-refractivity contribution in [3.63, 3.8) is 0 Å². The van der Waals surface area contributed by atoms with Crippen LogP contribution in [0, 0.1) is 0 Å². The summed E-state index contributed by atoms with van der Waals surface area (Å²) in [5.74, 6) is 0. The molecule has 0 bridgehead atoms. The molecule has 0 spiro atoms. The first-order valence-electron chi connectivity index (χ1n) is 5.47. The third kappa shape index (κ3) is 2.18. The Balaban J connectivity index is 2.11. The van der Waals surface area contributed by atoms with E-state index in [2.05, 4.69) is 46.2 Å². The van der Waals surface area contributed by atoms with Crippen LogP contribution < -0.4 is 5.32 Å². The second kappa shape index (κ2) is 4.28. The zero-order valence-electron chi connectivity index (χ0n) is 9.69. The monoisotopic (exact) mass is 209 g/mol. The molecule has 1 N–H and O–H groups in total. The van der Waals surface area contributed by atoms with Gasteiger partial charge in [0.15, 0.2) is 0 Å². The van der Waals surface area contributed by atoms with Crippen molar-refractivity contribution < 1.29 is 0 Å². The number of aromatic nitrogens is 3. The van der Waals surface area contributed by atoms with Crippen molar-refractivity contribution >= 4 is 0 Å². The van der Waals surface area contributed by atoms with Crippen LogP contribution in [-0.2, 0) is 19.5 Å². The molecule has 0 saturated heterocycles. The predicted octanol–water partition coefficient (Wildman–Crippen LogP) is -0.126. The molecule has 1 aliphatic heterocycles. The zero-order valence-corrected chi connectivity index (χ0v) is 9.69. The van der Waals surface area contributed by atoms with Crippen molar-refractivity contribution in [2.45, 2.75) is 32.5 Å². The van der Waals surface area contributed by atoms with Gasteiger partial charge in [0.1, 0.15) is 0 Å². The van der Waals surface area contributed by atoms with Crippen LogP contribution in [0.25, 0.3) is 0 Å². The van der Waals surface area contributed by atoms with E-state index < -0.39 is 0 Å². The molecule has 1 atom stereocenters. The number of nitrogens with zero attached hydrogens (tertiary/aromatic N) is 4. The Kier molecular flexibility index (Phi) is 3.02. The van der Waals surface area contributed by atoms with Gasteiger partial charge in [0.25, 0.3) is 0 Å². The molecule has 0 saturated carbocycles. The standard InChI is InChI=1S/C10H19N5/c1-8(14(2)3)7-15-10-4-5-11-6-9(10)12-13-15/h8,11H,4-7H2,1-3H3. The maximum atomic E-state index is 4.22. The highest BCUT2D eigenvalue weighted by atomic mass is 15.4. The molecule has 0 aromatic carbocycles. The summed E-state index contributed by atoms with van der Waals surface area (Å²) in [5, 5.41) is 11.7. The van der Waals surface area contributed by atoms with Gasteiger partial charge in [-0.2, -0.15) is 0 Å². The molecule has 0 radical (unpaired) electrons. The van der Waals surface area contributed by atoms with E-state index in [9.17, 15) is 0 Å². The minimum atomic E-state index is 0.491. The Hall–Kier alpha value is -0.940. The summed E-state index contributed by atoms with van der Waals surface area (Å²) in [6.07, 6.45) is 1.04. The fourth-order valence-corrected chi connectivity index (χ4v) is 1.75. The lowest BCUT2D eigenvalue weighted by Crippen LogP contribution is -2.31. The highest BCUT2D eigenvalue weighted by molar-refractivity contribution is 5.13. The van der Waals surface area contributed by atoms with E-state index in [-0.39, 0.29) is 0 Å². The number of rotatable bonds is 3. The van der Waals surface area contributed by atoms with Gasteiger partial charge < -0.3 is 10.2 Å². The normalized spacial score (nSPS) is 17.9. The van der Waals surface area contributed by atoms with Crippen molar-refractivity contribution in [1.29, 1.82) is 0 Å². The van der Waals surface area contributed by atoms with Gasteiger partial charge in [0.2, 0.25) is 0 Å². The molecular weight excluding hydrogens is 190 g/mol. The van der Waals surface area contributed by atoms with Gasteiger partial charge in [-0.1, -0.05) is 5.21 Å². The summed E-state index contributed by atoms with van der Waals surface area (Å²) >= 11 is 0. The molecule has 0 fully saturated rings. The molecule has 1 aliphatic rings.